The highest BCUT2D eigenvalue weighted by Crippen LogP contribution is 2.45. The highest BCUT2D eigenvalue weighted by atomic mass is 16.5. The van der Waals surface area contributed by atoms with Crippen LogP contribution >= 0.6 is 0 Å². The third-order valence-corrected chi connectivity index (χ3v) is 10.7. The van der Waals surface area contributed by atoms with Crippen molar-refractivity contribution in [3.8, 4) is 28.7 Å². The molecule has 7 rings (SSSR count). The predicted octanol–water partition coefficient (Wildman–Crippen LogP) is 8.02. The minimum atomic E-state index is -0.608. The maximum atomic E-state index is 14.5. The fourth-order valence-corrected chi connectivity index (χ4v) is 7.84. The summed E-state index contributed by atoms with van der Waals surface area (Å²) in [5.41, 5.74) is 6.98. The number of hydrogen-bond donors (Lipinski definition) is 5. The number of phenols is 4. The van der Waals surface area contributed by atoms with Crippen LogP contribution in [0.5, 0.6) is 28.7 Å². The zero-order valence-electron chi connectivity index (χ0n) is 30.0. The van der Waals surface area contributed by atoms with Crippen LogP contribution in [0.3, 0.4) is 0 Å². The molecule has 0 bridgehead atoms. The number of nitrogens with one attached hydrogen (secondary N) is 1. The van der Waals surface area contributed by atoms with E-state index in [0.29, 0.717) is 30.8 Å². The van der Waals surface area contributed by atoms with Crippen molar-refractivity contribution in [1.82, 2.24) is 9.97 Å². The number of fused-ring (bicyclic) bond motifs is 2. The van der Waals surface area contributed by atoms with Crippen molar-refractivity contribution in [2.24, 2.45) is 11.8 Å². The summed E-state index contributed by atoms with van der Waals surface area (Å²) in [6, 6.07) is 19.2. The van der Waals surface area contributed by atoms with Crippen LogP contribution in [-0.2, 0) is 28.9 Å². The standard InChI is InChI=1S/C44H43N3O7/c1-54-42-22-27(8-14-39(42)51)6-11-32(48)24-41(53)43-31(25-47-44-30(15-17-46-44)19-28-9-13-38(50)40(52)21-28)23-36-34(16-18-45-36)35(43)20-26-5-10-29-3-2-4-37(49)33(29)12-7-26/h2-4,7-9,12-18,21-23,26,35,43,46,49-52H,5-6,10-11,19-20,24-25H2,1H3/q-2/t26-,35+,43+/m0/s1. The number of ether oxygens (including phenoxy) is 1. The van der Waals surface area contributed by atoms with Gasteiger partial charge in [0, 0.05) is 17.9 Å². The van der Waals surface area contributed by atoms with E-state index >= 15 is 0 Å². The molecule has 0 amide bonds. The number of carbonyl (C=O) groups is 2. The molecule has 10 heteroatoms. The van der Waals surface area contributed by atoms with Gasteiger partial charge in [-0.1, -0.05) is 77.8 Å². The van der Waals surface area contributed by atoms with Gasteiger partial charge in [0.2, 0.25) is 0 Å². The van der Waals surface area contributed by atoms with Crippen molar-refractivity contribution in [2.75, 3.05) is 13.7 Å². The van der Waals surface area contributed by atoms with E-state index in [1.165, 1.54) is 25.3 Å². The summed E-state index contributed by atoms with van der Waals surface area (Å²) in [4.78, 5) is 35.8. The number of ketones is 2. The Balaban J connectivity index is 1.13. The lowest BCUT2D eigenvalue weighted by Crippen LogP contribution is -2.31. The number of methoxy groups -OCH3 is 1. The molecule has 54 heavy (non-hydrogen) atoms. The summed E-state index contributed by atoms with van der Waals surface area (Å²) in [6.07, 6.45) is 12.7. The number of nitrogens with zero attached hydrogens (tertiary/aromatic N) is 2. The Bertz CT molecular complexity index is 2230. The first-order valence-corrected chi connectivity index (χ1v) is 18.2. The van der Waals surface area contributed by atoms with Gasteiger partial charge in [-0.3, -0.25) is 9.59 Å². The molecule has 2 aromatic heterocycles. The van der Waals surface area contributed by atoms with E-state index in [-0.39, 0.29) is 65.8 Å². The van der Waals surface area contributed by atoms with Crippen molar-refractivity contribution in [2.45, 2.75) is 50.9 Å². The molecule has 0 saturated carbocycles. The van der Waals surface area contributed by atoms with Crippen molar-refractivity contribution < 1.29 is 34.8 Å². The van der Waals surface area contributed by atoms with E-state index in [4.69, 9.17) is 10.1 Å². The van der Waals surface area contributed by atoms with Gasteiger partial charge in [-0.05, 0) is 103 Å². The fourth-order valence-electron chi connectivity index (χ4n) is 7.84. The van der Waals surface area contributed by atoms with E-state index in [9.17, 15) is 30.0 Å². The van der Waals surface area contributed by atoms with Gasteiger partial charge >= 0.3 is 0 Å². The number of allylic oxidation sites excluding steroid dienone is 1. The first kappa shape index (κ1) is 36.2. The van der Waals surface area contributed by atoms with Gasteiger partial charge in [0.05, 0.1) is 13.5 Å². The lowest BCUT2D eigenvalue weighted by Gasteiger charge is -2.37. The Morgan fingerprint density at radius 2 is 1.78 bits per heavy atom. The number of benzene rings is 3. The first-order chi connectivity index (χ1) is 26.2. The Morgan fingerprint density at radius 1 is 0.944 bits per heavy atom. The molecule has 0 radical (unpaired) electrons. The van der Waals surface area contributed by atoms with Gasteiger partial charge in [-0.2, -0.15) is 6.20 Å². The molecule has 2 aliphatic carbocycles. The second-order valence-corrected chi connectivity index (χ2v) is 14.2. The second-order valence-electron chi connectivity index (χ2n) is 14.2. The van der Waals surface area contributed by atoms with Crippen molar-refractivity contribution in [1.29, 1.82) is 0 Å². The number of Topliss-reactive ketones (excluding diaryl/α,β-unsaturated/α-hetero) is 2. The van der Waals surface area contributed by atoms with Crippen LogP contribution in [0.25, 0.3) is 17.5 Å². The molecule has 5 N–H and O–H groups in total. The van der Waals surface area contributed by atoms with Gasteiger partial charge in [-0.15, -0.1) is 5.69 Å². The molecule has 10 nitrogen and oxygen atoms in total. The lowest BCUT2D eigenvalue weighted by atomic mass is 9.69. The van der Waals surface area contributed by atoms with Gasteiger partial charge in [-0.25, -0.2) is 0 Å². The molecule has 2 aliphatic rings. The number of aromatic nitrogens is 2. The Morgan fingerprint density at radius 3 is 2.61 bits per heavy atom. The molecule has 0 unspecified atom stereocenters. The zero-order valence-corrected chi connectivity index (χ0v) is 30.0. The third-order valence-electron chi connectivity index (χ3n) is 10.7. The summed E-state index contributed by atoms with van der Waals surface area (Å²) in [6.45, 7) is 0.203. The van der Waals surface area contributed by atoms with Crippen molar-refractivity contribution in [3.05, 3.63) is 135 Å². The number of aromatic hydroxyl groups is 4. The molecule has 0 spiro atoms. The van der Waals surface area contributed by atoms with Gasteiger partial charge in [0.25, 0.3) is 0 Å². The molecule has 2 heterocycles. The van der Waals surface area contributed by atoms with E-state index in [0.717, 1.165) is 57.5 Å². The first-order valence-electron chi connectivity index (χ1n) is 18.2. The van der Waals surface area contributed by atoms with Crippen LogP contribution in [0, 0.1) is 11.8 Å². The predicted molar refractivity (Wildman–Crippen MR) is 206 cm³/mol. The number of aromatic amines is 1. The minimum Gasteiger partial charge on any atom is -0.664 e. The van der Waals surface area contributed by atoms with E-state index in [1.807, 2.05) is 36.4 Å². The van der Waals surface area contributed by atoms with Crippen LogP contribution < -0.4 is 9.72 Å². The minimum absolute atomic E-state index is 0.0208. The molecular weight excluding hydrogens is 682 g/mol. The molecule has 0 aliphatic heterocycles. The lowest BCUT2D eigenvalue weighted by molar-refractivity contribution is -0.129. The molecule has 278 valence electrons. The highest BCUT2D eigenvalue weighted by molar-refractivity contribution is 6.02. The Labute approximate surface area is 313 Å². The van der Waals surface area contributed by atoms with Gasteiger partial charge < -0.3 is 40.4 Å². The van der Waals surface area contributed by atoms with E-state index in [1.54, 1.807) is 36.7 Å². The number of aryl methyl sites for hydroxylation is 2. The van der Waals surface area contributed by atoms with Crippen LogP contribution in [-0.4, -0.2) is 50.6 Å². The van der Waals surface area contributed by atoms with Crippen LogP contribution in [0.1, 0.15) is 70.7 Å². The maximum absolute atomic E-state index is 14.5. The molecular formula is C44H43N3O7-2. The summed E-state index contributed by atoms with van der Waals surface area (Å²) in [5, 5.41) is 45.3. The molecule has 3 atom stereocenters. The summed E-state index contributed by atoms with van der Waals surface area (Å²) >= 11 is 0. The number of carbonyl (C=O) groups excluding carboxylic acids is 2. The maximum Gasteiger partial charge on any atom is 0.160 e. The average molecular weight is 726 g/mol. The SMILES string of the molecule is COc1cc(CCC(=O)CC(=O)[C@@H]2C(C[N-]c3[nH]ccc3Cc3ccc(O)c(O)c3)=Cc3[n-]ccc3[C@H]2C[C@@H]2C=Cc3c(O)cccc3CC2)ccc1O. The van der Waals surface area contributed by atoms with Gasteiger partial charge in [0.1, 0.15) is 17.3 Å². The van der Waals surface area contributed by atoms with Crippen LogP contribution in [0.4, 0.5) is 5.82 Å². The number of H-pyrrole nitrogens is 1. The molecule has 5 aromatic rings. The summed E-state index contributed by atoms with van der Waals surface area (Å²) < 4.78 is 5.22. The van der Waals surface area contributed by atoms with Crippen molar-refractivity contribution in [3.63, 3.8) is 0 Å². The van der Waals surface area contributed by atoms with Crippen LogP contribution in [0.2, 0.25) is 0 Å². The molecule has 0 saturated heterocycles. The average Bonchev–Trinajstić information content (AvgIpc) is 3.77. The third kappa shape index (κ3) is 7.93. The van der Waals surface area contributed by atoms with Gasteiger partial charge in [0.15, 0.2) is 23.0 Å². The second kappa shape index (κ2) is 15.8. The molecule has 0 fully saturated rings. The fraction of sp³-hybridized carbons (Fsp3) is 0.273. The monoisotopic (exact) mass is 725 g/mol. The Kier molecular flexibility index (Phi) is 10.6. The highest BCUT2D eigenvalue weighted by Gasteiger charge is 2.36. The summed E-state index contributed by atoms with van der Waals surface area (Å²) in [5.74, 6) is -0.220. The van der Waals surface area contributed by atoms with E-state index < -0.39 is 5.92 Å². The van der Waals surface area contributed by atoms with Crippen LogP contribution in [0.15, 0.2) is 90.8 Å². The van der Waals surface area contributed by atoms with Crippen molar-refractivity contribution >= 4 is 29.5 Å². The number of phenolic OH excluding ortho intramolecular Hbond substituents is 4. The summed E-state index contributed by atoms with van der Waals surface area (Å²) in [7, 11) is 1.47. The Hall–Kier alpha value is -6.16. The molecule has 3 aromatic carbocycles. The quantitative estimate of drug-likeness (QED) is 0.0567. The normalized spacial score (nSPS) is 17.6. The largest absolute Gasteiger partial charge is 0.664 e. The smallest absolute Gasteiger partial charge is 0.160 e. The van der Waals surface area contributed by atoms with E-state index in [2.05, 4.69) is 16.0 Å². The topological polar surface area (TPSA) is 168 Å². The number of rotatable bonds is 14. The number of hydrogen-bond acceptors (Lipinski definition) is 7. The zero-order chi connectivity index (χ0) is 37.8.